The van der Waals surface area contributed by atoms with E-state index in [0.29, 0.717) is 11.3 Å². The van der Waals surface area contributed by atoms with Gasteiger partial charge in [0.15, 0.2) is 0 Å². The van der Waals surface area contributed by atoms with Gasteiger partial charge in [-0.1, -0.05) is 0 Å². The third-order valence-electron chi connectivity index (χ3n) is 3.27. The van der Waals surface area contributed by atoms with Crippen LogP contribution in [0.2, 0.25) is 0 Å². The first kappa shape index (κ1) is 13.7. The Morgan fingerprint density at radius 3 is 2.21 bits per heavy atom. The molecule has 0 aliphatic heterocycles. The monoisotopic (exact) mass is 265 g/mol. The van der Waals surface area contributed by atoms with E-state index in [1.165, 1.54) is 12.1 Å². The van der Waals surface area contributed by atoms with E-state index in [4.69, 9.17) is 4.42 Å². The Kier molecular flexibility index (Phi) is 3.71. The van der Waals surface area contributed by atoms with Crippen LogP contribution in [0.5, 0.6) is 0 Å². The van der Waals surface area contributed by atoms with Gasteiger partial charge in [-0.25, -0.2) is 8.78 Å². The van der Waals surface area contributed by atoms with Gasteiger partial charge in [0.2, 0.25) is 0 Å². The lowest BCUT2D eigenvalue weighted by molar-refractivity contribution is 0.494. The van der Waals surface area contributed by atoms with E-state index in [1.807, 2.05) is 19.9 Å². The highest BCUT2D eigenvalue weighted by Crippen LogP contribution is 2.30. The number of benzene rings is 1. The van der Waals surface area contributed by atoms with Gasteiger partial charge in [-0.15, -0.1) is 0 Å². The van der Waals surface area contributed by atoms with Crippen LogP contribution in [0.25, 0.3) is 0 Å². The Labute approximate surface area is 111 Å². The number of aryl methyl sites for hydroxylation is 3. The van der Waals surface area contributed by atoms with Gasteiger partial charge < -0.3 is 9.73 Å². The molecule has 1 N–H and O–H groups in total. The fourth-order valence-electron chi connectivity index (χ4n) is 2.30. The highest BCUT2D eigenvalue weighted by molar-refractivity contribution is 5.37. The van der Waals surface area contributed by atoms with Crippen LogP contribution in [0.3, 0.4) is 0 Å². The van der Waals surface area contributed by atoms with E-state index < -0.39 is 17.7 Å². The highest BCUT2D eigenvalue weighted by Gasteiger charge is 2.21. The molecule has 0 amide bonds. The van der Waals surface area contributed by atoms with Gasteiger partial charge in [-0.3, -0.25) is 0 Å². The Hall–Kier alpha value is -1.68. The first-order valence-electron chi connectivity index (χ1n) is 6.13. The zero-order valence-electron chi connectivity index (χ0n) is 11.5. The Morgan fingerprint density at radius 2 is 1.68 bits per heavy atom. The molecule has 0 aliphatic rings. The molecule has 19 heavy (non-hydrogen) atoms. The molecule has 0 aliphatic carbocycles. The summed E-state index contributed by atoms with van der Waals surface area (Å²) in [5.41, 5.74) is 1.41. The van der Waals surface area contributed by atoms with Crippen molar-refractivity contribution in [2.75, 3.05) is 7.05 Å². The van der Waals surface area contributed by atoms with Crippen molar-refractivity contribution in [3.05, 3.63) is 58.0 Å². The molecule has 1 aromatic heterocycles. The number of hydrogen-bond acceptors (Lipinski definition) is 2. The molecule has 2 nitrogen and oxygen atoms in total. The Balaban J connectivity index is 2.54. The van der Waals surface area contributed by atoms with Crippen LogP contribution >= 0.6 is 0 Å². The van der Waals surface area contributed by atoms with E-state index in [2.05, 4.69) is 5.32 Å². The van der Waals surface area contributed by atoms with Gasteiger partial charge in [0.05, 0.1) is 6.04 Å². The van der Waals surface area contributed by atoms with Crippen LogP contribution in [-0.4, -0.2) is 7.05 Å². The summed E-state index contributed by atoms with van der Waals surface area (Å²) in [5, 5.41) is 3.01. The lowest BCUT2D eigenvalue weighted by atomic mass is 9.97. The molecule has 102 valence electrons. The largest absolute Gasteiger partial charge is 0.466 e. The molecule has 2 rings (SSSR count). The van der Waals surface area contributed by atoms with Crippen molar-refractivity contribution in [3.63, 3.8) is 0 Å². The summed E-state index contributed by atoms with van der Waals surface area (Å²) in [7, 11) is 1.71. The van der Waals surface area contributed by atoms with E-state index >= 15 is 0 Å². The number of halogens is 2. The lowest BCUT2D eigenvalue weighted by Crippen LogP contribution is -2.19. The number of rotatable bonds is 3. The van der Waals surface area contributed by atoms with Crippen molar-refractivity contribution in [1.29, 1.82) is 0 Å². The Bertz CT molecular complexity index is 604. The minimum atomic E-state index is -0.424. The predicted octanol–water partition coefficient (Wildman–Crippen LogP) is 3.79. The third-order valence-corrected chi connectivity index (χ3v) is 3.27. The van der Waals surface area contributed by atoms with Crippen LogP contribution in [0.4, 0.5) is 8.78 Å². The van der Waals surface area contributed by atoms with Crippen molar-refractivity contribution in [2.45, 2.75) is 26.8 Å². The van der Waals surface area contributed by atoms with Gasteiger partial charge >= 0.3 is 0 Å². The van der Waals surface area contributed by atoms with Gasteiger partial charge in [0.1, 0.15) is 23.2 Å². The first-order chi connectivity index (χ1) is 8.93. The van der Waals surface area contributed by atoms with Gasteiger partial charge in [0, 0.05) is 11.1 Å². The molecule has 0 saturated carbocycles. The van der Waals surface area contributed by atoms with Crippen LogP contribution < -0.4 is 5.32 Å². The second-order valence-electron chi connectivity index (χ2n) is 4.71. The van der Waals surface area contributed by atoms with Crippen LogP contribution in [0.1, 0.15) is 34.3 Å². The summed E-state index contributed by atoms with van der Waals surface area (Å²) in [6, 6.07) is 3.88. The maximum atomic E-state index is 14.1. The molecular formula is C15H17F2NO. The minimum Gasteiger partial charge on any atom is -0.466 e. The van der Waals surface area contributed by atoms with E-state index in [-0.39, 0.29) is 5.56 Å². The molecule has 1 aromatic carbocycles. The maximum absolute atomic E-state index is 14.1. The first-order valence-corrected chi connectivity index (χ1v) is 6.13. The SMILES string of the molecule is CNC(c1cc(F)c(C)cc1F)c1cc(C)oc1C. The fraction of sp³-hybridized carbons (Fsp3) is 0.333. The van der Waals surface area contributed by atoms with Crippen LogP contribution in [-0.2, 0) is 0 Å². The average Bonchev–Trinajstić information content (AvgIpc) is 2.66. The van der Waals surface area contributed by atoms with Gasteiger partial charge in [0.25, 0.3) is 0 Å². The maximum Gasteiger partial charge on any atom is 0.128 e. The lowest BCUT2D eigenvalue weighted by Gasteiger charge is -2.17. The topological polar surface area (TPSA) is 25.2 Å². The molecule has 0 fully saturated rings. The molecule has 1 heterocycles. The standard InChI is InChI=1S/C15H17F2NO/c1-8-5-14(17)12(7-13(8)16)15(18-4)11-6-9(2)19-10(11)3/h5-7,15,18H,1-4H3. The second kappa shape index (κ2) is 5.13. The second-order valence-corrected chi connectivity index (χ2v) is 4.71. The number of hydrogen-bond donors (Lipinski definition) is 1. The zero-order chi connectivity index (χ0) is 14.2. The molecular weight excluding hydrogens is 248 g/mol. The van der Waals surface area contributed by atoms with Crippen LogP contribution in [0, 0.1) is 32.4 Å². The molecule has 0 radical (unpaired) electrons. The quantitative estimate of drug-likeness (QED) is 0.913. The molecule has 1 atom stereocenters. The summed E-state index contributed by atoms with van der Waals surface area (Å²) in [4.78, 5) is 0. The van der Waals surface area contributed by atoms with Crippen molar-refractivity contribution in [2.24, 2.45) is 0 Å². The van der Waals surface area contributed by atoms with E-state index in [0.717, 1.165) is 11.3 Å². The summed E-state index contributed by atoms with van der Waals surface area (Å²) < 4.78 is 33.2. The zero-order valence-corrected chi connectivity index (χ0v) is 11.5. The van der Waals surface area contributed by atoms with Crippen molar-refractivity contribution in [3.8, 4) is 0 Å². The smallest absolute Gasteiger partial charge is 0.128 e. The number of nitrogens with one attached hydrogen (secondary N) is 1. The molecule has 0 bridgehead atoms. The van der Waals surface area contributed by atoms with Crippen molar-refractivity contribution in [1.82, 2.24) is 5.32 Å². The molecule has 0 spiro atoms. The summed E-state index contributed by atoms with van der Waals surface area (Å²) in [6.07, 6.45) is 0. The fourth-order valence-corrected chi connectivity index (χ4v) is 2.30. The van der Waals surface area contributed by atoms with Gasteiger partial charge in [-0.2, -0.15) is 0 Å². The molecule has 0 saturated heterocycles. The van der Waals surface area contributed by atoms with E-state index in [9.17, 15) is 8.78 Å². The van der Waals surface area contributed by atoms with Crippen molar-refractivity contribution < 1.29 is 13.2 Å². The van der Waals surface area contributed by atoms with Crippen molar-refractivity contribution >= 4 is 0 Å². The molecule has 4 heteroatoms. The molecule has 1 unspecified atom stereocenters. The minimum absolute atomic E-state index is 0.287. The number of furan rings is 1. The summed E-state index contributed by atoms with van der Waals surface area (Å²) in [6.45, 7) is 5.19. The average molecular weight is 265 g/mol. The third kappa shape index (κ3) is 2.54. The van der Waals surface area contributed by atoms with Gasteiger partial charge in [-0.05, 0) is 51.6 Å². The highest BCUT2D eigenvalue weighted by atomic mass is 19.1. The normalized spacial score (nSPS) is 12.7. The Morgan fingerprint density at radius 1 is 1.00 bits per heavy atom. The molecule has 2 aromatic rings. The predicted molar refractivity (Wildman–Crippen MR) is 70.2 cm³/mol. The van der Waals surface area contributed by atoms with E-state index in [1.54, 1.807) is 14.0 Å². The summed E-state index contributed by atoms with van der Waals surface area (Å²) >= 11 is 0. The summed E-state index contributed by atoms with van der Waals surface area (Å²) in [5.74, 6) is 0.629. The van der Waals surface area contributed by atoms with Crippen LogP contribution in [0.15, 0.2) is 22.6 Å².